The molecule has 1 N–H and O–H groups in total. The smallest absolute Gasteiger partial charge is 0.337 e. The molecule has 1 aliphatic heterocycles. The number of nitrogens with zero attached hydrogens (tertiary/aromatic N) is 2. The summed E-state index contributed by atoms with van der Waals surface area (Å²) >= 11 is 0. The number of amides is 1. The molecule has 1 saturated heterocycles. The van der Waals surface area contributed by atoms with Crippen LogP contribution in [0.3, 0.4) is 0 Å². The molecule has 2 heterocycles. The highest BCUT2D eigenvalue weighted by Crippen LogP contribution is 2.39. The zero-order valence-electron chi connectivity index (χ0n) is 16.0. The van der Waals surface area contributed by atoms with E-state index in [9.17, 15) is 26.4 Å². The van der Waals surface area contributed by atoms with E-state index >= 15 is 0 Å². The van der Waals surface area contributed by atoms with Crippen LogP contribution in [0.1, 0.15) is 42.7 Å². The lowest BCUT2D eigenvalue weighted by Crippen LogP contribution is -2.47. The third-order valence-electron chi connectivity index (χ3n) is 5.66. The highest BCUT2D eigenvalue weighted by molar-refractivity contribution is 7.92. The molecule has 29 heavy (non-hydrogen) atoms. The summed E-state index contributed by atoms with van der Waals surface area (Å²) < 4.78 is 64.1. The van der Waals surface area contributed by atoms with Gasteiger partial charge in [-0.25, -0.2) is 8.42 Å². The molecular formula is C19H22F3N3O3S. The highest BCUT2D eigenvalue weighted by Gasteiger charge is 2.45. The van der Waals surface area contributed by atoms with Gasteiger partial charge in [-0.2, -0.15) is 18.3 Å². The maximum absolute atomic E-state index is 13.2. The maximum atomic E-state index is 13.2. The van der Waals surface area contributed by atoms with Crippen molar-refractivity contribution in [3.05, 3.63) is 47.8 Å². The average molecular weight is 429 g/mol. The van der Waals surface area contributed by atoms with E-state index in [2.05, 4.69) is 10.2 Å². The molecule has 0 atom stereocenters. The topological polar surface area (TPSA) is 83.1 Å². The lowest BCUT2D eigenvalue weighted by Gasteiger charge is -2.40. The van der Waals surface area contributed by atoms with Gasteiger partial charge in [-0.05, 0) is 56.9 Å². The Bertz CT molecular complexity index is 978. The van der Waals surface area contributed by atoms with Gasteiger partial charge in [0.2, 0.25) is 0 Å². The van der Waals surface area contributed by atoms with Crippen LogP contribution >= 0.6 is 0 Å². The highest BCUT2D eigenvalue weighted by atomic mass is 32.2. The van der Waals surface area contributed by atoms with Crippen molar-refractivity contribution in [3.8, 4) is 0 Å². The van der Waals surface area contributed by atoms with Crippen molar-refractivity contribution in [3.63, 3.8) is 0 Å². The third-order valence-corrected chi connectivity index (χ3v) is 8.25. The fraction of sp³-hybridized carbons (Fsp3) is 0.474. The first-order valence-corrected chi connectivity index (χ1v) is 10.6. The Balaban J connectivity index is 1.78. The number of likely N-dealkylation sites (tertiary alicyclic amines) is 1. The van der Waals surface area contributed by atoms with E-state index in [0.717, 1.165) is 12.1 Å². The van der Waals surface area contributed by atoms with Gasteiger partial charge in [-0.1, -0.05) is 6.07 Å². The third kappa shape index (κ3) is 4.03. The zero-order valence-corrected chi connectivity index (χ0v) is 16.8. The van der Waals surface area contributed by atoms with Crippen LogP contribution < -0.4 is 0 Å². The number of halogens is 3. The van der Waals surface area contributed by atoms with Crippen LogP contribution in [0.2, 0.25) is 0 Å². The molecule has 0 spiro atoms. The molecule has 0 radical (unpaired) electrons. The number of rotatable bonds is 4. The number of sulfone groups is 1. The van der Waals surface area contributed by atoms with Crippen LogP contribution in [-0.2, 0) is 16.0 Å². The summed E-state index contributed by atoms with van der Waals surface area (Å²) in [5.74, 6) is -0.507. The molecule has 1 amide bonds. The molecule has 158 valence electrons. The number of hydrogen-bond donors (Lipinski definition) is 1. The van der Waals surface area contributed by atoms with Crippen molar-refractivity contribution in [2.75, 3.05) is 13.1 Å². The first-order chi connectivity index (χ1) is 13.4. The first kappa shape index (κ1) is 21.4. The van der Waals surface area contributed by atoms with Crippen LogP contribution in [0.25, 0.3) is 0 Å². The van der Waals surface area contributed by atoms with Gasteiger partial charge >= 0.3 is 6.18 Å². The Labute approximate surface area is 167 Å². The van der Waals surface area contributed by atoms with Gasteiger partial charge in [-0.15, -0.1) is 0 Å². The largest absolute Gasteiger partial charge is 0.416 e. The summed E-state index contributed by atoms with van der Waals surface area (Å²) in [6.07, 6.45) is -2.27. The monoisotopic (exact) mass is 429 g/mol. The van der Waals surface area contributed by atoms with E-state index in [1.807, 2.05) is 0 Å². The van der Waals surface area contributed by atoms with Gasteiger partial charge in [0.15, 0.2) is 9.84 Å². The predicted octanol–water partition coefficient (Wildman–Crippen LogP) is 3.53. The number of alkyl halides is 3. The minimum Gasteiger partial charge on any atom is -0.337 e. The summed E-state index contributed by atoms with van der Waals surface area (Å²) in [5.41, 5.74) is -0.631. The van der Waals surface area contributed by atoms with E-state index in [4.69, 9.17) is 0 Å². The summed E-state index contributed by atoms with van der Waals surface area (Å²) in [7, 11) is -4.02. The van der Waals surface area contributed by atoms with E-state index in [1.54, 1.807) is 24.8 Å². The van der Waals surface area contributed by atoms with Crippen molar-refractivity contribution in [2.45, 2.75) is 42.5 Å². The van der Waals surface area contributed by atoms with Gasteiger partial charge in [0.25, 0.3) is 5.91 Å². The molecule has 10 heteroatoms. The number of piperidine rings is 1. The number of nitrogens with one attached hydrogen (secondary N) is 1. The van der Waals surface area contributed by atoms with Crippen molar-refractivity contribution in [1.82, 2.24) is 15.1 Å². The Morgan fingerprint density at radius 2 is 1.83 bits per heavy atom. The molecule has 1 aromatic carbocycles. The van der Waals surface area contributed by atoms with Crippen molar-refractivity contribution in [1.29, 1.82) is 0 Å². The Kier molecular flexibility index (Phi) is 5.50. The molecule has 1 aromatic heterocycles. The van der Waals surface area contributed by atoms with Gasteiger partial charge in [-0.3, -0.25) is 9.89 Å². The van der Waals surface area contributed by atoms with Gasteiger partial charge in [0.1, 0.15) is 5.69 Å². The molecule has 0 saturated carbocycles. The molecule has 0 aliphatic carbocycles. The molecule has 0 unspecified atom stereocenters. The first-order valence-electron chi connectivity index (χ1n) is 9.15. The average Bonchev–Trinajstić information content (AvgIpc) is 3.21. The van der Waals surface area contributed by atoms with E-state index in [1.165, 1.54) is 12.3 Å². The van der Waals surface area contributed by atoms with Crippen LogP contribution in [0.5, 0.6) is 0 Å². The fourth-order valence-corrected chi connectivity index (χ4v) is 5.51. The summed E-state index contributed by atoms with van der Waals surface area (Å²) in [6, 6.07) is 5.41. The molecule has 6 nitrogen and oxygen atoms in total. The number of hydrogen-bond acceptors (Lipinski definition) is 4. The van der Waals surface area contributed by atoms with Crippen LogP contribution in [0.15, 0.2) is 41.4 Å². The van der Waals surface area contributed by atoms with E-state index < -0.39 is 26.3 Å². The number of H-pyrrole nitrogens is 1. The number of aromatic nitrogens is 2. The summed E-state index contributed by atoms with van der Waals surface area (Å²) in [6.45, 7) is 3.81. The zero-order chi connectivity index (χ0) is 21.4. The fourth-order valence-electron chi connectivity index (χ4n) is 3.69. The molecule has 1 aliphatic rings. The minimum atomic E-state index is -4.62. The Hall–Kier alpha value is -2.36. The van der Waals surface area contributed by atoms with E-state index in [0.29, 0.717) is 37.7 Å². The lowest BCUT2D eigenvalue weighted by molar-refractivity contribution is -0.137. The Morgan fingerprint density at radius 1 is 1.17 bits per heavy atom. The van der Waals surface area contributed by atoms with Gasteiger partial charge < -0.3 is 4.90 Å². The minimum absolute atomic E-state index is 0.209. The van der Waals surface area contributed by atoms with Gasteiger partial charge in [0.05, 0.1) is 15.2 Å². The van der Waals surface area contributed by atoms with Gasteiger partial charge in [0, 0.05) is 19.3 Å². The summed E-state index contributed by atoms with van der Waals surface area (Å²) in [5, 5.41) is 6.36. The number of benzene rings is 1. The standard InChI is InChI=1S/C19H22F3N3O3S/c1-18(2,29(27,28)15-5-3-4-14(12-15)19(20,21)22)13-7-10-25(11-8-13)17(26)16-6-9-23-24-16/h3-6,9,12-13H,7-8,10-11H2,1-2H3,(H,23,24). The lowest BCUT2D eigenvalue weighted by atomic mass is 9.86. The number of carbonyl (C=O) groups is 1. The normalized spacial score (nSPS) is 16.8. The van der Waals surface area contributed by atoms with Crippen LogP contribution in [-0.4, -0.2) is 47.3 Å². The Morgan fingerprint density at radius 3 is 2.38 bits per heavy atom. The van der Waals surface area contributed by atoms with Crippen LogP contribution in [0, 0.1) is 5.92 Å². The number of carbonyl (C=O) groups excluding carboxylic acids is 1. The maximum Gasteiger partial charge on any atom is 0.416 e. The molecule has 0 bridgehead atoms. The van der Waals surface area contributed by atoms with Crippen molar-refractivity contribution >= 4 is 15.7 Å². The predicted molar refractivity (Wildman–Crippen MR) is 99.9 cm³/mol. The second-order valence-corrected chi connectivity index (χ2v) is 10.2. The quantitative estimate of drug-likeness (QED) is 0.806. The summed E-state index contributed by atoms with van der Waals surface area (Å²) in [4.78, 5) is 13.7. The second kappa shape index (κ2) is 7.47. The van der Waals surface area contributed by atoms with E-state index in [-0.39, 0.29) is 16.7 Å². The second-order valence-electron chi connectivity index (χ2n) is 7.67. The molecule has 1 fully saturated rings. The SMILES string of the molecule is CC(C)(C1CCN(C(=O)c2ccn[nH]2)CC1)S(=O)(=O)c1cccc(C(F)(F)F)c1. The molecular weight excluding hydrogens is 407 g/mol. The molecule has 2 aromatic rings. The van der Waals surface area contributed by atoms with Crippen LogP contribution in [0.4, 0.5) is 13.2 Å². The van der Waals surface area contributed by atoms with Crippen molar-refractivity contribution < 1.29 is 26.4 Å². The van der Waals surface area contributed by atoms with Crippen molar-refractivity contribution in [2.24, 2.45) is 5.92 Å². The molecule has 3 rings (SSSR count). The number of aromatic amines is 1.